The Morgan fingerprint density at radius 3 is 2.29 bits per heavy atom. The number of furan rings is 1. The van der Waals surface area contributed by atoms with Gasteiger partial charge in [-0.25, -0.2) is 0 Å². The first kappa shape index (κ1) is 10.8. The molecule has 0 unspecified atom stereocenters. The van der Waals surface area contributed by atoms with E-state index >= 15 is 0 Å². The van der Waals surface area contributed by atoms with Crippen molar-refractivity contribution >= 4 is 37.9 Å². The molecule has 86 valence electrons. The third kappa shape index (κ3) is 1.59. The van der Waals surface area contributed by atoms with Gasteiger partial charge in [-0.2, -0.15) is 0 Å². The number of fused-ring (bicyclic) bond motifs is 3. The largest absolute Gasteiger partial charge is 0.455 e. The first-order valence-electron chi connectivity index (χ1n) is 5.78. The summed E-state index contributed by atoms with van der Waals surface area (Å²) in [6.45, 7) is 4.38. The summed E-state index contributed by atoms with van der Waals surface area (Å²) in [6.07, 6.45) is 0. The van der Waals surface area contributed by atoms with Crippen LogP contribution in [0.4, 0.5) is 0 Å². The number of para-hydroxylation sites is 2. The first-order chi connectivity index (χ1) is 8.18. The van der Waals surface area contributed by atoms with Gasteiger partial charge < -0.3 is 4.42 Å². The highest BCUT2D eigenvalue weighted by Crippen LogP contribution is 2.36. The summed E-state index contributed by atoms with van der Waals surface area (Å²) >= 11 is 3.54. The van der Waals surface area contributed by atoms with Crippen molar-refractivity contribution in [3.05, 3.63) is 46.4 Å². The molecule has 3 rings (SSSR count). The van der Waals surface area contributed by atoms with Crippen LogP contribution < -0.4 is 0 Å². The molecule has 2 aromatic carbocycles. The molecule has 0 saturated carbocycles. The Morgan fingerprint density at radius 1 is 0.941 bits per heavy atom. The van der Waals surface area contributed by atoms with Crippen molar-refractivity contribution in [3.8, 4) is 0 Å². The van der Waals surface area contributed by atoms with Gasteiger partial charge in [-0.1, -0.05) is 44.2 Å². The average molecular weight is 289 g/mol. The molecule has 0 radical (unpaired) electrons. The number of rotatable bonds is 1. The van der Waals surface area contributed by atoms with Gasteiger partial charge in [0.1, 0.15) is 11.2 Å². The molecule has 0 N–H and O–H groups in total. The molecular formula is C15H13BrO. The van der Waals surface area contributed by atoms with Gasteiger partial charge in [0.05, 0.1) is 4.47 Å². The normalized spacial score (nSPS) is 11.8. The lowest BCUT2D eigenvalue weighted by atomic mass is 10.0. The number of halogens is 1. The minimum Gasteiger partial charge on any atom is -0.455 e. The minimum atomic E-state index is 0.470. The van der Waals surface area contributed by atoms with Crippen LogP contribution in [0.15, 0.2) is 45.3 Å². The van der Waals surface area contributed by atoms with E-state index in [0.717, 1.165) is 15.6 Å². The Morgan fingerprint density at radius 2 is 1.59 bits per heavy atom. The van der Waals surface area contributed by atoms with Gasteiger partial charge in [0.25, 0.3) is 0 Å². The van der Waals surface area contributed by atoms with Gasteiger partial charge in [0.2, 0.25) is 0 Å². The topological polar surface area (TPSA) is 13.1 Å². The summed E-state index contributed by atoms with van der Waals surface area (Å²) < 4.78 is 7.04. The zero-order valence-corrected chi connectivity index (χ0v) is 11.4. The molecule has 2 heteroatoms. The average Bonchev–Trinajstić information content (AvgIpc) is 2.69. The van der Waals surface area contributed by atoms with Gasteiger partial charge >= 0.3 is 0 Å². The van der Waals surface area contributed by atoms with Crippen LogP contribution in [0.2, 0.25) is 0 Å². The molecule has 0 saturated heterocycles. The fraction of sp³-hybridized carbons (Fsp3) is 0.200. The summed E-state index contributed by atoms with van der Waals surface area (Å²) in [6, 6.07) is 12.5. The molecule has 1 aromatic heterocycles. The van der Waals surface area contributed by atoms with Crippen molar-refractivity contribution in [1.82, 2.24) is 0 Å². The monoisotopic (exact) mass is 288 g/mol. The van der Waals surface area contributed by atoms with Crippen LogP contribution in [-0.2, 0) is 0 Å². The standard InChI is InChI=1S/C15H13BrO/c1-9(2)10-5-3-6-11-12-7-4-8-13(16)15(12)17-14(10)11/h3-9H,1-2H3. The lowest BCUT2D eigenvalue weighted by Gasteiger charge is -2.04. The molecule has 0 bridgehead atoms. The fourth-order valence-electron chi connectivity index (χ4n) is 2.26. The van der Waals surface area contributed by atoms with Gasteiger partial charge in [-0.15, -0.1) is 0 Å². The van der Waals surface area contributed by atoms with Gasteiger partial charge in [0.15, 0.2) is 0 Å². The van der Waals surface area contributed by atoms with Gasteiger partial charge in [-0.3, -0.25) is 0 Å². The van der Waals surface area contributed by atoms with Crippen molar-refractivity contribution in [2.75, 3.05) is 0 Å². The minimum absolute atomic E-state index is 0.470. The van der Waals surface area contributed by atoms with E-state index < -0.39 is 0 Å². The predicted octanol–water partition coefficient (Wildman–Crippen LogP) is 5.47. The molecule has 1 nitrogen and oxygen atoms in total. The summed E-state index contributed by atoms with van der Waals surface area (Å²) in [5, 5.41) is 2.38. The van der Waals surface area contributed by atoms with E-state index in [1.165, 1.54) is 16.3 Å². The molecule has 0 aliphatic carbocycles. The Bertz CT molecular complexity index is 695. The zero-order valence-electron chi connectivity index (χ0n) is 9.83. The van der Waals surface area contributed by atoms with Crippen molar-refractivity contribution in [3.63, 3.8) is 0 Å². The maximum atomic E-state index is 6.03. The Kier molecular flexibility index (Phi) is 2.48. The third-order valence-corrected chi connectivity index (χ3v) is 3.75. The second-order valence-corrected chi connectivity index (χ2v) is 5.45. The molecule has 0 aliphatic rings. The zero-order chi connectivity index (χ0) is 12.0. The predicted molar refractivity (Wildman–Crippen MR) is 75.5 cm³/mol. The molecule has 0 spiro atoms. The van der Waals surface area contributed by atoms with Crippen LogP contribution in [0.1, 0.15) is 25.3 Å². The van der Waals surface area contributed by atoms with Crippen molar-refractivity contribution in [1.29, 1.82) is 0 Å². The SMILES string of the molecule is CC(C)c1cccc2c1oc1c(Br)cccc12. The first-order valence-corrected chi connectivity index (χ1v) is 6.57. The molecular weight excluding hydrogens is 276 g/mol. The second-order valence-electron chi connectivity index (χ2n) is 4.60. The maximum Gasteiger partial charge on any atom is 0.149 e. The van der Waals surface area contributed by atoms with Crippen LogP contribution in [0.3, 0.4) is 0 Å². The molecule has 3 aromatic rings. The van der Waals surface area contributed by atoms with Crippen LogP contribution >= 0.6 is 15.9 Å². The summed E-state index contributed by atoms with van der Waals surface area (Å²) in [4.78, 5) is 0. The van der Waals surface area contributed by atoms with Gasteiger partial charge in [0, 0.05) is 10.8 Å². The van der Waals surface area contributed by atoms with Gasteiger partial charge in [-0.05, 0) is 33.5 Å². The molecule has 0 atom stereocenters. The lowest BCUT2D eigenvalue weighted by molar-refractivity contribution is 0.655. The van der Waals surface area contributed by atoms with Crippen LogP contribution in [0, 0.1) is 0 Å². The van der Waals surface area contributed by atoms with Crippen LogP contribution in [0.25, 0.3) is 21.9 Å². The number of benzene rings is 2. The van der Waals surface area contributed by atoms with E-state index in [2.05, 4.69) is 54.0 Å². The molecule has 0 fully saturated rings. The third-order valence-electron chi connectivity index (χ3n) is 3.13. The van der Waals surface area contributed by atoms with Crippen LogP contribution in [-0.4, -0.2) is 0 Å². The van der Waals surface area contributed by atoms with Crippen molar-refractivity contribution in [2.24, 2.45) is 0 Å². The fourth-order valence-corrected chi connectivity index (χ4v) is 2.71. The smallest absolute Gasteiger partial charge is 0.149 e. The lowest BCUT2D eigenvalue weighted by Crippen LogP contribution is -1.86. The van der Waals surface area contributed by atoms with Crippen molar-refractivity contribution in [2.45, 2.75) is 19.8 Å². The molecule has 0 aliphatic heterocycles. The van der Waals surface area contributed by atoms with E-state index in [-0.39, 0.29) is 0 Å². The van der Waals surface area contributed by atoms with Crippen LogP contribution in [0.5, 0.6) is 0 Å². The van der Waals surface area contributed by atoms with E-state index in [0.29, 0.717) is 5.92 Å². The van der Waals surface area contributed by atoms with E-state index in [4.69, 9.17) is 4.42 Å². The number of hydrogen-bond acceptors (Lipinski definition) is 1. The summed E-state index contributed by atoms with van der Waals surface area (Å²) in [5.74, 6) is 0.470. The summed E-state index contributed by atoms with van der Waals surface area (Å²) in [5.41, 5.74) is 3.23. The Hall–Kier alpha value is -1.28. The Labute approximate surface area is 109 Å². The molecule has 17 heavy (non-hydrogen) atoms. The van der Waals surface area contributed by atoms with E-state index in [1.807, 2.05) is 12.1 Å². The molecule has 0 amide bonds. The van der Waals surface area contributed by atoms with Crippen molar-refractivity contribution < 1.29 is 4.42 Å². The van der Waals surface area contributed by atoms with E-state index in [9.17, 15) is 0 Å². The molecule has 1 heterocycles. The highest BCUT2D eigenvalue weighted by atomic mass is 79.9. The summed E-state index contributed by atoms with van der Waals surface area (Å²) in [7, 11) is 0. The highest BCUT2D eigenvalue weighted by molar-refractivity contribution is 9.10. The Balaban J connectivity index is 2.51. The number of hydrogen-bond donors (Lipinski definition) is 0. The quantitative estimate of drug-likeness (QED) is 0.578. The maximum absolute atomic E-state index is 6.03. The highest BCUT2D eigenvalue weighted by Gasteiger charge is 2.13. The second kappa shape index (κ2) is 3.88. The van der Waals surface area contributed by atoms with E-state index in [1.54, 1.807) is 0 Å².